The normalized spacial score (nSPS) is 11.0. The average molecular weight is 287 g/mol. The van der Waals surface area contributed by atoms with Gasteiger partial charge in [0.15, 0.2) is 0 Å². The number of benzene rings is 1. The number of fused-ring (bicyclic) bond motifs is 1. The van der Waals surface area contributed by atoms with Crippen molar-refractivity contribution in [2.24, 2.45) is 0 Å². The third-order valence-corrected chi connectivity index (χ3v) is 3.85. The molecule has 0 unspecified atom stereocenters. The van der Waals surface area contributed by atoms with E-state index in [0.717, 1.165) is 27.6 Å². The highest BCUT2D eigenvalue weighted by atomic mass is 32.1. The number of hydrogen-bond acceptors (Lipinski definition) is 4. The second-order valence-corrected chi connectivity index (χ2v) is 5.45. The summed E-state index contributed by atoms with van der Waals surface area (Å²) >= 11 is 1.54. The number of H-pyrrole nitrogens is 1. The Hall–Kier alpha value is -2.21. The second kappa shape index (κ2) is 5.42. The van der Waals surface area contributed by atoms with Gasteiger partial charge in [-0.3, -0.25) is 4.79 Å². The first kappa shape index (κ1) is 12.8. The van der Waals surface area contributed by atoms with E-state index in [9.17, 15) is 4.79 Å². The van der Waals surface area contributed by atoms with Crippen LogP contribution in [-0.4, -0.2) is 26.0 Å². The van der Waals surface area contributed by atoms with Crippen LogP contribution in [0.3, 0.4) is 0 Å². The summed E-state index contributed by atoms with van der Waals surface area (Å²) in [6, 6.07) is 7.89. The van der Waals surface area contributed by atoms with Crippen LogP contribution in [0.4, 0.5) is 0 Å². The van der Waals surface area contributed by atoms with E-state index >= 15 is 0 Å². The minimum Gasteiger partial charge on any atom is -0.481 e. The van der Waals surface area contributed by atoms with Crippen LogP contribution in [0.25, 0.3) is 11.0 Å². The Balaban J connectivity index is 1.72. The number of aromatic nitrogens is 3. The van der Waals surface area contributed by atoms with Gasteiger partial charge in [0.1, 0.15) is 10.8 Å². The molecule has 0 amide bonds. The summed E-state index contributed by atoms with van der Waals surface area (Å²) in [4.78, 5) is 22.7. The van der Waals surface area contributed by atoms with Crippen molar-refractivity contribution in [2.75, 3.05) is 0 Å². The molecule has 3 rings (SSSR count). The van der Waals surface area contributed by atoms with E-state index in [-0.39, 0.29) is 6.42 Å². The van der Waals surface area contributed by atoms with Gasteiger partial charge in [-0.1, -0.05) is 12.1 Å². The SMILES string of the molecule is O=C(O)CCc1csc(Cc2nc3ccccc3[nH]2)n1. The number of carbonyl (C=O) groups is 1. The first-order valence-electron chi connectivity index (χ1n) is 6.29. The van der Waals surface area contributed by atoms with Crippen molar-refractivity contribution in [2.45, 2.75) is 19.3 Å². The smallest absolute Gasteiger partial charge is 0.303 e. The van der Waals surface area contributed by atoms with Crippen LogP contribution in [0.5, 0.6) is 0 Å². The average Bonchev–Trinajstić information content (AvgIpc) is 3.02. The maximum Gasteiger partial charge on any atom is 0.303 e. The molecular weight excluding hydrogens is 274 g/mol. The Kier molecular flexibility index (Phi) is 3.47. The first-order valence-corrected chi connectivity index (χ1v) is 7.17. The molecule has 2 N–H and O–H groups in total. The van der Waals surface area contributed by atoms with E-state index in [4.69, 9.17) is 5.11 Å². The van der Waals surface area contributed by atoms with Crippen molar-refractivity contribution in [3.63, 3.8) is 0 Å². The first-order chi connectivity index (χ1) is 9.70. The molecule has 1 aromatic carbocycles. The van der Waals surface area contributed by atoms with Gasteiger partial charge in [-0.15, -0.1) is 11.3 Å². The molecule has 6 heteroatoms. The number of para-hydroxylation sites is 2. The largest absolute Gasteiger partial charge is 0.481 e. The van der Waals surface area contributed by atoms with E-state index in [1.165, 1.54) is 0 Å². The predicted octanol–water partition coefficient (Wildman–Crippen LogP) is 2.63. The molecule has 0 fully saturated rings. The van der Waals surface area contributed by atoms with E-state index in [1.807, 2.05) is 29.6 Å². The number of carboxylic acid groups (broad SMARTS) is 1. The van der Waals surface area contributed by atoms with E-state index in [1.54, 1.807) is 11.3 Å². The third-order valence-electron chi connectivity index (χ3n) is 2.95. The standard InChI is InChI=1S/C14H13N3O2S/c18-14(19)6-5-9-8-20-13(15-9)7-12-16-10-3-1-2-4-11(10)17-12/h1-4,8H,5-7H2,(H,16,17)(H,18,19). The molecule has 0 saturated carbocycles. The maximum atomic E-state index is 10.5. The zero-order chi connectivity index (χ0) is 13.9. The Morgan fingerprint density at radius 3 is 2.95 bits per heavy atom. The van der Waals surface area contributed by atoms with Crippen molar-refractivity contribution in [3.05, 3.63) is 46.2 Å². The lowest BCUT2D eigenvalue weighted by atomic mass is 10.2. The van der Waals surface area contributed by atoms with Gasteiger partial charge in [-0.2, -0.15) is 0 Å². The van der Waals surface area contributed by atoms with Crippen molar-refractivity contribution >= 4 is 28.3 Å². The number of aryl methyl sites for hydroxylation is 1. The van der Waals surface area contributed by atoms with E-state index in [0.29, 0.717) is 12.8 Å². The summed E-state index contributed by atoms with van der Waals surface area (Å²) in [6.07, 6.45) is 1.24. The zero-order valence-electron chi connectivity index (χ0n) is 10.7. The number of imidazole rings is 1. The molecule has 0 bridgehead atoms. The summed E-state index contributed by atoms with van der Waals surface area (Å²) in [6.45, 7) is 0. The monoisotopic (exact) mass is 287 g/mol. The number of hydrogen-bond donors (Lipinski definition) is 2. The van der Waals surface area contributed by atoms with Crippen LogP contribution in [0.1, 0.15) is 22.9 Å². The van der Waals surface area contributed by atoms with Crippen LogP contribution in [-0.2, 0) is 17.6 Å². The van der Waals surface area contributed by atoms with Crippen molar-refractivity contribution < 1.29 is 9.90 Å². The minimum absolute atomic E-state index is 0.119. The highest BCUT2D eigenvalue weighted by Crippen LogP contribution is 2.17. The number of thiazole rings is 1. The van der Waals surface area contributed by atoms with E-state index < -0.39 is 5.97 Å². The number of nitrogens with zero attached hydrogens (tertiary/aromatic N) is 2. The molecule has 0 radical (unpaired) electrons. The van der Waals surface area contributed by atoms with E-state index in [2.05, 4.69) is 15.0 Å². The molecule has 3 aromatic rings. The molecule has 0 aliphatic rings. The lowest BCUT2D eigenvalue weighted by Gasteiger charge is -1.92. The summed E-state index contributed by atoms with van der Waals surface area (Å²) in [5.74, 6) is 0.0853. The summed E-state index contributed by atoms with van der Waals surface area (Å²) in [7, 11) is 0. The van der Waals surface area contributed by atoms with Gasteiger partial charge in [-0.25, -0.2) is 9.97 Å². The molecule has 0 aliphatic carbocycles. The van der Waals surface area contributed by atoms with Gasteiger partial charge >= 0.3 is 5.97 Å². The third kappa shape index (κ3) is 2.85. The maximum absolute atomic E-state index is 10.5. The summed E-state index contributed by atoms with van der Waals surface area (Å²) in [5.41, 5.74) is 2.80. The molecule has 2 heterocycles. The number of aliphatic carboxylic acids is 1. The Morgan fingerprint density at radius 1 is 1.30 bits per heavy atom. The van der Waals surface area contributed by atoms with Crippen LogP contribution in [0.2, 0.25) is 0 Å². The van der Waals surface area contributed by atoms with Gasteiger partial charge in [-0.05, 0) is 12.1 Å². The van der Waals surface area contributed by atoms with Crippen molar-refractivity contribution in [1.29, 1.82) is 0 Å². The highest BCUT2D eigenvalue weighted by molar-refractivity contribution is 7.09. The molecule has 102 valence electrons. The second-order valence-electron chi connectivity index (χ2n) is 4.50. The van der Waals surface area contributed by atoms with Crippen molar-refractivity contribution in [3.8, 4) is 0 Å². The van der Waals surface area contributed by atoms with Gasteiger partial charge in [0.25, 0.3) is 0 Å². The quantitative estimate of drug-likeness (QED) is 0.756. The van der Waals surface area contributed by atoms with Crippen LogP contribution in [0, 0.1) is 0 Å². The highest BCUT2D eigenvalue weighted by Gasteiger charge is 2.08. The summed E-state index contributed by atoms with van der Waals surface area (Å²) in [5, 5.41) is 11.5. The number of rotatable bonds is 5. The molecule has 0 saturated heterocycles. The van der Waals surface area contributed by atoms with Crippen LogP contribution >= 0.6 is 11.3 Å². The molecule has 2 aromatic heterocycles. The predicted molar refractivity (Wildman–Crippen MR) is 77.0 cm³/mol. The molecule has 0 atom stereocenters. The minimum atomic E-state index is -0.795. The van der Waals surface area contributed by atoms with Crippen LogP contribution < -0.4 is 0 Å². The Labute approximate surface area is 119 Å². The topological polar surface area (TPSA) is 78.9 Å². The number of carboxylic acids is 1. The van der Waals surface area contributed by atoms with Gasteiger partial charge in [0.05, 0.1) is 29.6 Å². The van der Waals surface area contributed by atoms with Crippen molar-refractivity contribution in [1.82, 2.24) is 15.0 Å². The van der Waals surface area contributed by atoms with Gasteiger partial charge < -0.3 is 10.1 Å². The summed E-state index contributed by atoms with van der Waals surface area (Å²) < 4.78 is 0. The molecule has 5 nitrogen and oxygen atoms in total. The Morgan fingerprint density at radius 2 is 2.15 bits per heavy atom. The lowest BCUT2D eigenvalue weighted by Crippen LogP contribution is -1.98. The molecule has 20 heavy (non-hydrogen) atoms. The van der Waals surface area contributed by atoms with Gasteiger partial charge in [0.2, 0.25) is 0 Å². The molecule has 0 aliphatic heterocycles. The fraction of sp³-hybridized carbons (Fsp3) is 0.214. The zero-order valence-corrected chi connectivity index (χ0v) is 11.5. The number of aromatic amines is 1. The van der Waals surface area contributed by atoms with Crippen LogP contribution in [0.15, 0.2) is 29.6 Å². The molecular formula is C14H13N3O2S. The Bertz CT molecular complexity index is 715. The number of nitrogens with one attached hydrogen (secondary N) is 1. The lowest BCUT2D eigenvalue weighted by molar-refractivity contribution is -0.136. The molecule has 0 spiro atoms. The van der Waals surface area contributed by atoms with Gasteiger partial charge in [0, 0.05) is 11.8 Å². The fourth-order valence-electron chi connectivity index (χ4n) is 2.01. The fourth-order valence-corrected chi connectivity index (χ4v) is 2.85.